The lowest BCUT2D eigenvalue weighted by atomic mass is 9.90. The summed E-state index contributed by atoms with van der Waals surface area (Å²) in [6.45, 7) is 1.97. The van der Waals surface area contributed by atoms with E-state index in [2.05, 4.69) is 18.2 Å². The number of aryl methyl sites for hydroxylation is 2. The van der Waals surface area contributed by atoms with E-state index in [9.17, 15) is 4.79 Å². The molecular weight excluding hydrogens is 226 g/mol. The first-order valence-corrected chi connectivity index (χ1v) is 6.62. The second kappa shape index (κ2) is 5.53. The topological polar surface area (TPSA) is 52.3 Å². The Labute approximate surface area is 108 Å². The van der Waals surface area contributed by atoms with Gasteiger partial charge in [-0.1, -0.05) is 25.1 Å². The van der Waals surface area contributed by atoms with E-state index in [4.69, 9.17) is 10.5 Å². The van der Waals surface area contributed by atoms with E-state index in [1.54, 1.807) is 0 Å². The summed E-state index contributed by atoms with van der Waals surface area (Å²) < 4.78 is 4.82. The summed E-state index contributed by atoms with van der Waals surface area (Å²) in [7, 11) is 1.42. The van der Waals surface area contributed by atoms with Crippen molar-refractivity contribution in [1.82, 2.24) is 0 Å². The van der Waals surface area contributed by atoms with Crippen LogP contribution in [0.3, 0.4) is 0 Å². The fourth-order valence-corrected chi connectivity index (χ4v) is 2.75. The molecule has 0 fully saturated rings. The van der Waals surface area contributed by atoms with Gasteiger partial charge in [-0.2, -0.15) is 0 Å². The Balaban J connectivity index is 2.22. The highest BCUT2D eigenvalue weighted by atomic mass is 16.5. The van der Waals surface area contributed by atoms with Crippen molar-refractivity contribution in [1.29, 1.82) is 0 Å². The highest BCUT2D eigenvalue weighted by Gasteiger charge is 2.26. The average Bonchev–Trinajstić information content (AvgIpc) is 2.86. The van der Waals surface area contributed by atoms with E-state index in [1.807, 2.05) is 6.92 Å². The molecule has 0 aromatic heterocycles. The highest BCUT2D eigenvalue weighted by molar-refractivity contribution is 5.73. The maximum atomic E-state index is 11.7. The molecule has 98 valence electrons. The minimum atomic E-state index is -0.270. The number of carbonyl (C=O) groups excluding carboxylic acids is 1. The van der Waals surface area contributed by atoms with Crippen molar-refractivity contribution < 1.29 is 9.53 Å². The molecule has 0 aliphatic heterocycles. The van der Waals surface area contributed by atoms with Gasteiger partial charge in [-0.15, -0.1) is 0 Å². The Morgan fingerprint density at radius 2 is 2.11 bits per heavy atom. The standard InChI is InChI=1S/C15H21NO2/c1-3-13(15(17)18-2)14(16)12-8-7-10-5-4-6-11(10)9-12/h7-9,13-14H,3-6,16H2,1-2H3. The first-order chi connectivity index (χ1) is 8.67. The van der Waals surface area contributed by atoms with Crippen LogP contribution in [0.2, 0.25) is 0 Å². The van der Waals surface area contributed by atoms with Gasteiger partial charge in [0.1, 0.15) is 0 Å². The lowest BCUT2D eigenvalue weighted by Gasteiger charge is -2.21. The van der Waals surface area contributed by atoms with E-state index < -0.39 is 0 Å². The lowest BCUT2D eigenvalue weighted by Crippen LogP contribution is -2.28. The summed E-state index contributed by atoms with van der Waals surface area (Å²) in [5.74, 6) is -0.472. The highest BCUT2D eigenvalue weighted by Crippen LogP contribution is 2.28. The maximum absolute atomic E-state index is 11.7. The molecule has 0 bridgehead atoms. The Morgan fingerprint density at radius 3 is 2.78 bits per heavy atom. The molecule has 0 saturated heterocycles. The second-order valence-corrected chi connectivity index (χ2v) is 4.95. The number of carbonyl (C=O) groups is 1. The zero-order valence-electron chi connectivity index (χ0n) is 11.1. The predicted molar refractivity (Wildman–Crippen MR) is 71.2 cm³/mol. The first-order valence-electron chi connectivity index (χ1n) is 6.62. The molecule has 2 atom stereocenters. The molecule has 0 saturated carbocycles. The molecule has 2 N–H and O–H groups in total. The van der Waals surface area contributed by atoms with E-state index in [0.717, 1.165) is 12.0 Å². The molecule has 2 unspecified atom stereocenters. The van der Waals surface area contributed by atoms with Crippen molar-refractivity contribution in [2.45, 2.75) is 38.6 Å². The van der Waals surface area contributed by atoms with Crippen LogP contribution >= 0.6 is 0 Å². The molecule has 0 amide bonds. The van der Waals surface area contributed by atoms with Crippen molar-refractivity contribution >= 4 is 5.97 Å². The summed E-state index contributed by atoms with van der Waals surface area (Å²) >= 11 is 0. The van der Waals surface area contributed by atoms with Gasteiger partial charge in [0.05, 0.1) is 13.0 Å². The Morgan fingerprint density at radius 1 is 1.39 bits per heavy atom. The third-order valence-corrected chi connectivity index (χ3v) is 3.88. The number of rotatable bonds is 4. The van der Waals surface area contributed by atoms with Crippen LogP contribution < -0.4 is 5.73 Å². The number of esters is 1. The molecule has 3 heteroatoms. The van der Waals surface area contributed by atoms with Crippen LogP contribution in [-0.2, 0) is 22.4 Å². The van der Waals surface area contributed by atoms with Crippen LogP contribution in [0.4, 0.5) is 0 Å². The average molecular weight is 247 g/mol. The van der Waals surface area contributed by atoms with Crippen LogP contribution in [0.15, 0.2) is 18.2 Å². The van der Waals surface area contributed by atoms with Gasteiger partial charge in [-0.05, 0) is 42.4 Å². The number of methoxy groups -OCH3 is 1. The number of nitrogens with two attached hydrogens (primary N) is 1. The number of benzene rings is 1. The minimum absolute atomic E-state index is 0.217. The molecule has 18 heavy (non-hydrogen) atoms. The fraction of sp³-hybridized carbons (Fsp3) is 0.533. The number of ether oxygens (including phenoxy) is 1. The van der Waals surface area contributed by atoms with Gasteiger partial charge in [0.15, 0.2) is 0 Å². The van der Waals surface area contributed by atoms with Crippen molar-refractivity contribution in [3.8, 4) is 0 Å². The fourth-order valence-electron chi connectivity index (χ4n) is 2.75. The van der Waals surface area contributed by atoms with Gasteiger partial charge in [-0.25, -0.2) is 0 Å². The molecular formula is C15H21NO2. The van der Waals surface area contributed by atoms with Gasteiger partial charge in [-0.3, -0.25) is 4.79 Å². The van der Waals surface area contributed by atoms with Gasteiger partial charge in [0.25, 0.3) is 0 Å². The summed E-state index contributed by atoms with van der Waals surface area (Å²) in [4.78, 5) is 11.7. The zero-order valence-corrected chi connectivity index (χ0v) is 11.1. The van der Waals surface area contributed by atoms with Crippen molar-refractivity contribution in [3.63, 3.8) is 0 Å². The molecule has 0 radical (unpaired) electrons. The summed E-state index contributed by atoms with van der Waals surface area (Å²) in [6, 6.07) is 6.11. The Hall–Kier alpha value is -1.35. The monoisotopic (exact) mass is 247 g/mol. The molecule has 0 spiro atoms. The van der Waals surface area contributed by atoms with Crippen LogP contribution in [0.1, 0.15) is 42.5 Å². The van der Waals surface area contributed by atoms with Gasteiger partial charge < -0.3 is 10.5 Å². The van der Waals surface area contributed by atoms with E-state index in [0.29, 0.717) is 6.42 Å². The molecule has 1 aromatic rings. The Bertz CT molecular complexity index is 442. The molecule has 1 aromatic carbocycles. The third kappa shape index (κ3) is 2.41. The Kier molecular flexibility index (Phi) is 4.02. The van der Waals surface area contributed by atoms with Crippen LogP contribution in [0.25, 0.3) is 0 Å². The van der Waals surface area contributed by atoms with Crippen LogP contribution in [0, 0.1) is 5.92 Å². The number of hydrogen-bond donors (Lipinski definition) is 1. The molecule has 0 heterocycles. The molecule has 1 aliphatic carbocycles. The number of hydrogen-bond acceptors (Lipinski definition) is 3. The van der Waals surface area contributed by atoms with Gasteiger partial charge in [0.2, 0.25) is 0 Å². The first kappa shape index (κ1) is 13.1. The van der Waals surface area contributed by atoms with Gasteiger partial charge >= 0.3 is 5.97 Å². The summed E-state index contributed by atoms with van der Waals surface area (Å²) in [5, 5.41) is 0. The lowest BCUT2D eigenvalue weighted by molar-refractivity contribution is -0.146. The zero-order chi connectivity index (χ0) is 13.1. The van der Waals surface area contributed by atoms with Crippen LogP contribution in [0.5, 0.6) is 0 Å². The molecule has 2 rings (SSSR count). The van der Waals surface area contributed by atoms with E-state index in [-0.39, 0.29) is 17.9 Å². The number of fused-ring (bicyclic) bond motifs is 1. The maximum Gasteiger partial charge on any atom is 0.310 e. The SMILES string of the molecule is CCC(C(=O)OC)C(N)c1ccc2c(c1)CCC2. The third-order valence-electron chi connectivity index (χ3n) is 3.88. The largest absolute Gasteiger partial charge is 0.469 e. The summed E-state index contributed by atoms with van der Waals surface area (Å²) in [6.07, 6.45) is 4.22. The quantitative estimate of drug-likeness (QED) is 0.831. The summed E-state index contributed by atoms with van der Waals surface area (Å²) in [5.41, 5.74) is 10.1. The minimum Gasteiger partial charge on any atom is -0.469 e. The smallest absolute Gasteiger partial charge is 0.310 e. The van der Waals surface area contributed by atoms with Crippen LogP contribution in [-0.4, -0.2) is 13.1 Å². The molecule has 3 nitrogen and oxygen atoms in total. The van der Waals surface area contributed by atoms with Crippen molar-refractivity contribution in [2.75, 3.05) is 7.11 Å². The normalized spacial score (nSPS) is 17.1. The van der Waals surface area contributed by atoms with Gasteiger partial charge in [0, 0.05) is 6.04 Å². The van der Waals surface area contributed by atoms with Crippen molar-refractivity contribution in [2.24, 2.45) is 11.7 Å². The van der Waals surface area contributed by atoms with Crippen molar-refractivity contribution in [3.05, 3.63) is 34.9 Å². The van der Waals surface area contributed by atoms with E-state index >= 15 is 0 Å². The van der Waals surface area contributed by atoms with E-state index in [1.165, 1.54) is 31.1 Å². The molecule has 1 aliphatic rings. The predicted octanol–water partition coefficient (Wildman–Crippen LogP) is 2.37. The second-order valence-electron chi connectivity index (χ2n) is 4.95.